The molecule has 1 saturated heterocycles. The monoisotopic (exact) mass is 274 g/mol. The van der Waals surface area contributed by atoms with Crippen molar-refractivity contribution < 1.29 is 8.42 Å². The van der Waals surface area contributed by atoms with Crippen LogP contribution in [0.3, 0.4) is 0 Å². The molecule has 1 saturated carbocycles. The molecule has 4 nitrogen and oxygen atoms in total. The molecule has 0 aromatic heterocycles. The predicted octanol–water partition coefficient (Wildman–Crippen LogP) is 0.884. The van der Waals surface area contributed by atoms with Gasteiger partial charge in [-0.25, -0.2) is 8.42 Å². The molecule has 0 radical (unpaired) electrons. The highest BCUT2D eigenvalue weighted by Gasteiger charge is 2.36. The molecule has 2 rings (SSSR count). The second kappa shape index (κ2) is 5.88. The number of hydrogen-bond acceptors (Lipinski definition) is 4. The standard InChI is InChI=1S/C13H26N2O2S/c1-3-12-9-14-13(11-5-6-11)10-15(12)7-4-8-18(2,16)17/h11-14H,3-10H2,1-2H3. The molecule has 5 heteroatoms. The van der Waals surface area contributed by atoms with Crippen LogP contribution >= 0.6 is 0 Å². The molecule has 2 atom stereocenters. The van der Waals surface area contributed by atoms with Gasteiger partial charge >= 0.3 is 0 Å². The lowest BCUT2D eigenvalue weighted by atomic mass is 10.0. The number of hydrogen-bond donors (Lipinski definition) is 1. The zero-order valence-electron chi connectivity index (χ0n) is 11.6. The Labute approximate surface area is 111 Å². The van der Waals surface area contributed by atoms with E-state index in [1.54, 1.807) is 0 Å². The molecular formula is C13H26N2O2S. The average molecular weight is 274 g/mol. The van der Waals surface area contributed by atoms with Crippen molar-refractivity contribution >= 4 is 9.84 Å². The fourth-order valence-electron chi connectivity index (χ4n) is 2.90. The predicted molar refractivity (Wildman–Crippen MR) is 74.5 cm³/mol. The van der Waals surface area contributed by atoms with Crippen molar-refractivity contribution in [2.24, 2.45) is 5.92 Å². The zero-order chi connectivity index (χ0) is 13.2. The van der Waals surface area contributed by atoms with Crippen molar-refractivity contribution in [3.05, 3.63) is 0 Å². The summed E-state index contributed by atoms with van der Waals surface area (Å²) in [4.78, 5) is 2.50. The molecule has 0 aromatic rings. The van der Waals surface area contributed by atoms with Gasteiger partial charge in [-0.1, -0.05) is 6.92 Å². The maximum atomic E-state index is 11.2. The van der Waals surface area contributed by atoms with Crippen molar-refractivity contribution in [1.82, 2.24) is 10.2 Å². The van der Waals surface area contributed by atoms with Gasteiger partial charge in [-0.15, -0.1) is 0 Å². The number of sulfone groups is 1. The maximum Gasteiger partial charge on any atom is 0.147 e. The normalized spacial score (nSPS) is 30.6. The first-order valence-electron chi connectivity index (χ1n) is 7.14. The Bertz CT molecular complexity index is 365. The van der Waals surface area contributed by atoms with E-state index in [-0.39, 0.29) is 0 Å². The molecule has 2 fully saturated rings. The molecule has 1 N–H and O–H groups in total. The number of piperazine rings is 1. The van der Waals surface area contributed by atoms with E-state index in [0.717, 1.165) is 38.4 Å². The molecule has 0 amide bonds. The highest BCUT2D eigenvalue weighted by Crippen LogP contribution is 2.34. The summed E-state index contributed by atoms with van der Waals surface area (Å²) < 4.78 is 22.4. The molecule has 1 aliphatic heterocycles. The van der Waals surface area contributed by atoms with E-state index < -0.39 is 9.84 Å². The number of nitrogens with one attached hydrogen (secondary N) is 1. The van der Waals surface area contributed by atoms with Crippen LogP contribution in [-0.2, 0) is 9.84 Å². The molecule has 18 heavy (non-hydrogen) atoms. The van der Waals surface area contributed by atoms with Gasteiger partial charge in [0.1, 0.15) is 9.84 Å². The van der Waals surface area contributed by atoms with Crippen LogP contribution in [0.5, 0.6) is 0 Å². The van der Waals surface area contributed by atoms with Crippen LogP contribution in [0.4, 0.5) is 0 Å². The summed E-state index contributed by atoms with van der Waals surface area (Å²) in [5.41, 5.74) is 0. The lowest BCUT2D eigenvalue weighted by molar-refractivity contribution is 0.119. The molecule has 1 aliphatic carbocycles. The first kappa shape index (κ1) is 14.3. The molecule has 2 aliphatic rings. The van der Waals surface area contributed by atoms with Gasteiger partial charge in [0.15, 0.2) is 0 Å². The second-order valence-corrected chi connectivity index (χ2v) is 8.15. The number of rotatable bonds is 6. The van der Waals surface area contributed by atoms with Gasteiger partial charge in [0, 0.05) is 31.4 Å². The van der Waals surface area contributed by atoms with Gasteiger partial charge in [0.2, 0.25) is 0 Å². The van der Waals surface area contributed by atoms with Gasteiger partial charge in [0.05, 0.1) is 5.75 Å². The number of nitrogens with zero attached hydrogens (tertiary/aromatic N) is 1. The lowest BCUT2D eigenvalue weighted by Crippen LogP contribution is -2.57. The van der Waals surface area contributed by atoms with Gasteiger partial charge in [-0.05, 0) is 38.1 Å². The van der Waals surface area contributed by atoms with Crippen molar-refractivity contribution in [2.45, 2.75) is 44.7 Å². The summed E-state index contributed by atoms with van der Waals surface area (Å²) >= 11 is 0. The second-order valence-electron chi connectivity index (χ2n) is 5.89. The molecule has 0 aromatic carbocycles. The molecule has 0 bridgehead atoms. The van der Waals surface area contributed by atoms with Gasteiger partial charge < -0.3 is 5.32 Å². The van der Waals surface area contributed by atoms with E-state index in [1.165, 1.54) is 19.1 Å². The highest BCUT2D eigenvalue weighted by atomic mass is 32.2. The van der Waals surface area contributed by atoms with E-state index in [2.05, 4.69) is 17.1 Å². The van der Waals surface area contributed by atoms with E-state index >= 15 is 0 Å². The van der Waals surface area contributed by atoms with Gasteiger partial charge in [-0.3, -0.25) is 4.90 Å². The smallest absolute Gasteiger partial charge is 0.147 e. The highest BCUT2D eigenvalue weighted by molar-refractivity contribution is 7.90. The summed E-state index contributed by atoms with van der Waals surface area (Å²) in [5, 5.41) is 3.66. The largest absolute Gasteiger partial charge is 0.311 e. The third-order valence-corrected chi connectivity index (χ3v) is 5.22. The minimum absolute atomic E-state index is 0.321. The van der Waals surface area contributed by atoms with Crippen LogP contribution in [0.25, 0.3) is 0 Å². The summed E-state index contributed by atoms with van der Waals surface area (Å²) in [6, 6.07) is 1.23. The van der Waals surface area contributed by atoms with Crippen molar-refractivity contribution in [3.63, 3.8) is 0 Å². The van der Waals surface area contributed by atoms with E-state index in [1.807, 2.05) is 0 Å². The Balaban J connectivity index is 1.81. The Morgan fingerprint density at radius 1 is 1.33 bits per heavy atom. The SMILES string of the molecule is CCC1CNC(C2CC2)CN1CCCS(C)(=O)=O. The molecule has 0 spiro atoms. The van der Waals surface area contributed by atoms with Crippen molar-refractivity contribution in [2.75, 3.05) is 31.6 Å². The van der Waals surface area contributed by atoms with Crippen LogP contribution in [0, 0.1) is 5.92 Å². The fourth-order valence-corrected chi connectivity index (χ4v) is 3.56. The minimum Gasteiger partial charge on any atom is -0.311 e. The van der Waals surface area contributed by atoms with Gasteiger partial charge in [-0.2, -0.15) is 0 Å². The van der Waals surface area contributed by atoms with Crippen LogP contribution in [0.15, 0.2) is 0 Å². The van der Waals surface area contributed by atoms with Crippen molar-refractivity contribution in [1.29, 1.82) is 0 Å². The summed E-state index contributed by atoms with van der Waals surface area (Å²) in [6.07, 6.45) is 5.97. The first-order chi connectivity index (χ1) is 8.49. The Kier molecular flexibility index (Phi) is 4.67. The lowest BCUT2D eigenvalue weighted by Gasteiger charge is -2.40. The van der Waals surface area contributed by atoms with E-state index in [9.17, 15) is 8.42 Å². The Morgan fingerprint density at radius 2 is 2.06 bits per heavy atom. The summed E-state index contributed by atoms with van der Waals surface area (Å²) in [6.45, 7) is 5.31. The summed E-state index contributed by atoms with van der Waals surface area (Å²) in [7, 11) is -2.81. The van der Waals surface area contributed by atoms with E-state index in [0.29, 0.717) is 17.8 Å². The van der Waals surface area contributed by atoms with Gasteiger partial charge in [0.25, 0.3) is 0 Å². The third-order valence-electron chi connectivity index (χ3n) is 4.19. The van der Waals surface area contributed by atoms with Crippen LogP contribution < -0.4 is 5.32 Å². The average Bonchev–Trinajstić information content (AvgIpc) is 3.11. The zero-order valence-corrected chi connectivity index (χ0v) is 12.4. The van der Waals surface area contributed by atoms with Crippen LogP contribution in [0.1, 0.15) is 32.6 Å². The quantitative estimate of drug-likeness (QED) is 0.781. The van der Waals surface area contributed by atoms with E-state index in [4.69, 9.17) is 0 Å². The fraction of sp³-hybridized carbons (Fsp3) is 1.00. The Hall–Kier alpha value is -0.130. The topological polar surface area (TPSA) is 49.4 Å². The molecule has 2 unspecified atom stereocenters. The van der Waals surface area contributed by atoms with Crippen LogP contribution in [-0.4, -0.2) is 57.0 Å². The van der Waals surface area contributed by atoms with Crippen molar-refractivity contribution in [3.8, 4) is 0 Å². The summed E-state index contributed by atoms with van der Waals surface area (Å²) in [5.74, 6) is 1.20. The first-order valence-corrected chi connectivity index (χ1v) is 9.21. The van der Waals surface area contributed by atoms with Crippen LogP contribution in [0.2, 0.25) is 0 Å². The third kappa shape index (κ3) is 4.21. The molecular weight excluding hydrogens is 248 g/mol. The molecule has 106 valence electrons. The molecule has 1 heterocycles. The maximum absolute atomic E-state index is 11.2. The minimum atomic E-state index is -2.81. The Morgan fingerprint density at radius 3 is 2.61 bits per heavy atom.